The smallest absolute Gasteiger partial charge is 0.247 e. The van der Waals surface area contributed by atoms with E-state index in [0.29, 0.717) is 18.0 Å². The highest BCUT2D eigenvalue weighted by molar-refractivity contribution is 6.00. The molecule has 0 spiro atoms. The number of terminal acetylenes is 1. The molecule has 0 saturated carbocycles. The van der Waals surface area contributed by atoms with Crippen molar-refractivity contribution in [1.29, 1.82) is 0 Å². The van der Waals surface area contributed by atoms with E-state index < -0.39 is 0 Å². The van der Waals surface area contributed by atoms with Gasteiger partial charge in [0.05, 0.1) is 18.6 Å². The Labute approximate surface area is 177 Å². The van der Waals surface area contributed by atoms with E-state index in [1.165, 1.54) is 0 Å². The molecule has 0 bridgehead atoms. The largest absolute Gasteiger partial charge is 0.353 e. The molecular weight excluding hydrogens is 382 g/mol. The van der Waals surface area contributed by atoms with Crippen LogP contribution in [0.25, 0.3) is 10.4 Å². The van der Waals surface area contributed by atoms with Crippen LogP contribution < -0.4 is 21.3 Å². The molecule has 0 aromatic rings. The normalized spacial score (nSPS) is 34.7. The highest BCUT2D eigenvalue weighted by Gasteiger charge is 2.40. The molecule has 3 aliphatic rings. The summed E-state index contributed by atoms with van der Waals surface area (Å²) in [5.74, 6) is 2.97. The van der Waals surface area contributed by atoms with Crippen molar-refractivity contribution >= 4 is 11.8 Å². The molecule has 6 unspecified atom stereocenters. The van der Waals surface area contributed by atoms with Crippen LogP contribution in [0.15, 0.2) is 16.3 Å². The van der Waals surface area contributed by atoms with E-state index in [2.05, 4.69) is 44.1 Å². The van der Waals surface area contributed by atoms with Crippen molar-refractivity contribution in [3.05, 3.63) is 21.6 Å². The third kappa shape index (κ3) is 4.62. The molecule has 7 atom stereocenters. The van der Waals surface area contributed by atoms with Crippen LogP contribution in [-0.4, -0.2) is 49.2 Å². The molecule has 0 aliphatic carbocycles. The average Bonchev–Trinajstić information content (AvgIpc) is 2.70. The standard InChI is InChI=1S/C21H31N7O2/c1-5-16-20-12(3)14(21(30)26-17(20)6-7-23-16)9-19(29)25-13(4)15-10-24-18(27-28-22)8-11(15)2/h1,11,13,15-18,20,23-24H,6-10H2,2-4H3,(H,25,29)(H,26,30)/t11?,13-,15?,16?,17?,18?,20?/m0/s1. The molecule has 30 heavy (non-hydrogen) atoms. The summed E-state index contributed by atoms with van der Waals surface area (Å²) in [6.07, 6.45) is 7.07. The minimum absolute atomic E-state index is 0.0156. The predicted molar refractivity (Wildman–Crippen MR) is 114 cm³/mol. The van der Waals surface area contributed by atoms with E-state index in [0.717, 1.165) is 25.0 Å². The summed E-state index contributed by atoms with van der Waals surface area (Å²) in [6, 6.07) is -0.189. The maximum Gasteiger partial charge on any atom is 0.247 e. The first-order valence-electron chi connectivity index (χ1n) is 10.6. The second-order valence-corrected chi connectivity index (χ2v) is 8.69. The fourth-order valence-corrected chi connectivity index (χ4v) is 5.14. The van der Waals surface area contributed by atoms with Gasteiger partial charge in [-0.3, -0.25) is 9.59 Å². The lowest BCUT2D eigenvalue weighted by atomic mass is 9.76. The van der Waals surface area contributed by atoms with Gasteiger partial charge in [-0.2, -0.15) is 0 Å². The molecule has 3 rings (SSSR count). The highest BCUT2D eigenvalue weighted by atomic mass is 16.2. The Balaban J connectivity index is 1.64. The minimum Gasteiger partial charge on any atom is -0.353 e. The Morgan fingerprint density at radius 3 is 2.90 bits per heavy atom. The van der Waals surface area contributed by atoms with Gasteiger partial charge in [0.1, 0.15) is 0 Å². The lowest BCUT2D eigenvalue weighted by Gasteiger charge is -2.41. The van der Waals surface area contributed by atoms with Crippen LogP contribution in [0.3, 0.4) is 0 Å². The second kappa shape index (κ2) is 9.52. The van der Waals surface area contributed by atoms with Crippen LogP contribution in [-0.2, 0) is 9.59 Å². The van der Waals surface area contributed by atoms with Gasteiger partial charge in [-0.25, -0.2) is 0 Å². The van der Waals surface area contributed by atoms with Crippen LogP contribution in [0.2, 0.25) is 0 Å². The summed E-state index contributed by atoms with van der Waals surface area (Å²) in [7, 11) is 0. The zero-order chi connectivity index (χ0) is 21.8. The van der Waals surface area contributed by atoms with Crippen molar-refractivity contribution in [2.24, 2.45) is 22.9 Å². The Hall–Kier alpha value is -2.53. The molecule has 9 heteroatoms. The van der Waals surface area contributed by atoms with Crippen molar-refractivity contribution in [2.75, 3.05) is 13.1 Å². The van der Waals surface area contributed by atoms with Gasteiger partial charge in [0, 0.05) is 35.0 Å². The van der Waals surface area contributed by atoms with Gasteiger partial charge in [0.25, 0.3) is 0 Å². The fraction of sp³-hybridized carbons (Fsp3) is 0.714. The predicted octanol–water partition coefficient (Wildman–Crippen LogP) is 1.19. The molecular formula is C21H31N7O2. The monoisotopic (exact) mass is 413 g/mol. The maximum atomic E-state index is 12.8. The summed E-state index contributed by atoms with van der Waals surface area (Å²) >= 11 is 0. The van der Waals surface area contributed by atoms with Crippen molar-refractivity contribution < 1.29 is 9.59 Å². The molecule has 2 saturated heterocycles. The van der Waals surface area contributed by atoms with Gasteiger partial charge in [-0.1, -0.05) is 23.5 Å². The third-order valence-corrected chi connectivity index (χ3v) is 6.83. The fourth-order valence-electron chi connectivity index (χ4n) is 5.14. The van der Waals surface area contributed by atoms with Crippen LogP contribution >= 0.6 is 0 Å². The summed E-state index contributed by atoms with van der Waals surface area (Å²) in [5.41, 5.74) is 10.0. The zero-order valence-electron chi connectivity index (χ0n) is 17.8. The molecule has 2 fully saturated rings. The molecule has 2 amide bonds. The number of hydrogen-bond donors (Lipinski definition) is 4. The average molecular weight is 414 g/mol. The van der Waals surface area contributed by atoms with Gasteiger partial charge in [0.2, 0.25) is 11.8 Å². The number of fused-ring (bicyclic) bond motifs is 1. The van der Waals surface area contributed by atoms with Crippen LogP contribution in [0.5, 0.6) is 0 Å². The maximum absolute atomic E-state index is 12.8. The van der Waals surface area contributed by atoms with E-state index in [1.807, 2.05) is 13.8 Å². The number of carbonyl (C=O) groups excluding carboxylic acids is 2. The van der Waals surface area contributed by atoms with E-state index in [4.69, 9.17) is 12.0 Å². The van der Waals surface area contributed by atoms with E-state index >= 15 is 0 Å². The molecule has 3 aliphatic heterocycles. The second-order valence-electron chi connectivity index (χ2n) is 8.69. The first-order chi connectivity index (χ1) is 14.3. The van der Waals surface area contributed by atoms with Gasteiger partial charge >= 0.3 is 0 Å². The van der Waals surface area contributed by atoms with Crippen molar-refractivity contribution in [3.8, 4) is 12.3 Å². The summed E-state index contributed by atoms with van der Waals surface area (Å²) < 4.78 is 0. The number of carbonyl (C=O) groups is 2. The summed E-state index contributed by atoms with van der Waals surface area (Å²) in [5, 5.41) is 16.4. The molecule has 0 aromatic carbocycles. The molecule has 4 N–H and O–H groups in total. The van der Waals surface area contributed by atoms with Gasteiger partial charge in [-0.15, -0.1) is 6.42 Å². The van der Waals surface area contributed by atoms with Gasteiger partial charge in [-0.05, 0) is 50.6 Å². The number of rotatable bonds is 5. The first kappa shape index (κ1) is 22.2. The first-order valence-corrected chi connectivity index (χ1v) is 10.6. The van der Waals surface area contributed by atoms with Gasteiger partial charge in [0.15, 0.2) is 0 Å². The number of piperidine rings is 2. The molecule has 9 nitrogen and oxygen atoms in total. The van der Waals surface area contributed by atoms with E-state index in [9.17, 15) is 9.59 Å². The quantitative estimate of drug-likeness (QED) is 0.233. The topological polar surface area (TPSA) is 131 Å². The van der Waals surface area contributed by atoms with Crippen LogP contribution in [0.4, 0.5) is 0 Å². The number of nitrogens with zero attached hydrogens (tertiary/aromatic N) is 3. The van der Waals surface area contributed by atoms with Crippen LogP contribution in [0.1, 0.15) is 40.0 Å². The lowest BCUT2D eigenvalue weighted by molar-refractivity contribution is -0.125. The Bertz CT molecular complexity index is 811. The molecule has 162 valence electrons. The molecule has 0 aromatic heterocycles. The number of azide groups is 1. The zero-order valence-corrected chi connectivity index (χ0v) is 17.8. The Kier molecular flexibility index (Phi) is 7.03. The van der Waals surface area contributed by atoms with E-state index in [-0.39, 0.29) is 54.4 Å². The SMILES string of the molecule is C#CC1NCCC2NC(=O)C(CC(=O)N[C@@H](C)C3CNC(N=[N+]=[N-])CC3C)=C(C)C12. The van der Waals surface area contributed by atoms with Crippen LogP contribution in [0, 0.1) is 30.1 Å². The highest BCUT2D eigenvalue weighted by Crippen LogP contribution is 2.32. The molecule has 0 radical (unpaired) electrons. The van der Waals surface area contributed by atoms with Gasteiger partial charge < -0.3 is 21.3 Å². The van der Waals surface area contributed by atoms with E-state index in [1.54, 1.807) is 0 Å². The summed E-state index contributed by atoms with van der Waals surface area (Å²) in [6.45, 7) is 7.43. The van der Waals surface area contributed by atoms with Crippen molar-refractivity contribution in [2.45, 2.75) is 64.3 Å². The Morgan fingerprint density at radius 2 is 2.23 bits per heavy atom. The number of amides is 2. The van der Waals surface area contributed by atoms with Crippen molar-refractivity contribution in [1.82, 2.24) is 21.3 Å². The Morgan fingerprint density at radius 1 is 1.47 bits per heavy atom. The minimum atomic E-state index is -0.205. The van der Waals surface area contributed by atoms with Crippen molar-refractivity contribution in [3.63, 3.8) is 0 Å². The number of hydrogen-bond acceptors (Lipinski definition) is 5. The molecule has 3 heterocycles. The number of nitrogens with one attached hydrogen (secondary N) is 4. The summed E-state index contributed by atoms with van der Waals surface area (Å²) in [4.78, 5) is 28.3. The third-order valence-electron chi connectivity index (χ3n) is 6.83. The lowest BCUT2D eigenvalue weighted by Crippen LogP contribution is -2.58.